The molecular formula is C9H11Cl2N5O2. The predicted molar refractivity (Wildman–Crippen MR) is 65.9 cm³/mol. The van der Waals surface area contributed by atoms with Crippen molar-refractivity contribution in [3.63, 3.8) is 0 Å². The Hall–Kier alpha value is -1.82. The largest absolute Gasteiger partial charge is 0.395 e. The molecule has 2 heterocycles. The first-order valence-corrected chi connectivity index (χ1v) is 5.25. The molecule has 0 amide bonds. The molecule has 7 nitrogen and oxygen atoms in total. The van der Waals surface area contributed by atoms with Gasteiger partial charge in [-0.2, -0.15) is 19.8 Å². The molecule has 0 aliphatic heterocycles. The number of hydrogen-bond donors (Lipinski definition) is 1. The lowest BCUT2D eigenvalue weighted by atomic mass is 10.6. The van der Waals surface area contributed by atoms with E-state index in [1.807, 2.05) is 0 Å². The van der Waals surface area contributed by atoms with Crippen LogP contribution in [0.25, 0.3) is 0 Å². The Balaban J connectivity index is 0.000000267. The van der Waals surface area contributed by atoms with Gasteiger partial charge in [-0.25, -0.2) is 0 Å². The average molecular weight is 292 g/mol. The van der Waals surface area contributed by atoms with Gasteiger partial charge in [0.05, 0.1) is 18.1 Å². The number of nitrogens with zero attached hydrogens (tertiary/aromatic N) is 4. The minimum Gasteiger partial charge on any atom is -0.395 e. The Morgan fingerprint density at radius 1 is 1.22 bits per heavy atom. The van der Waals surface area contributed by atoms with Crippen LogP contribution in [-0.4, -0.2) is 25.7 Å². The van der Waals surface area contributed by atoms with Crippen molar-refractivity contribution >= 4 is 35.0 Å². The molecular weight excluding hydrogens is 281 g/mol. The van der Waals surface area contributed by atoms with E-state index in [1.54, 1.807) is 31.0 Å². The van der Waals surface area contributed by atoms with Crippen molar-refractivity contribution in [2.45, 2.75) is 0 Å². The molecule has 98 valence electrons. The lowest BCUT2D eigenvalue weighted by Gasteiger charge is -1.87. The Morgan fingerprint density at radius 3 is 1.89 bits per heavy atom. The summed E-state index contributed by atoms with van der Waals surface area (Å²) in [6.45, 7) is 0. The van der Waals surface area contributed by atoms with E-state index in [-0.39, 0.29) is 6.15 Å². The molecule has 0 fully saturated rings. The molecule has 0 radical (unpaired) electrons. The highest BCUT2D eigenvalue weighted by Gasteiger charge is 1.97. The van der Waals surface area contributed by atoms with E-state index in [0.717, 1.165) is 0 Å². The molecule has 0 aliphatic carbocycles. The van der Waals surface area contributed by atoms with Gasteiger partial charge in [-0.3, -0.25) is 9.36 Å². The summed E-state index contributed by atoms with van der Waals surface area (Å²) in [5.41, 5.74) is 5.85. The smallest absolute Gasteiger partial charge is 0.373 e. The minimum absolute atomic E-state index is 0.250. The first-order valence-electron chi connectivity index (χ1n) is 4.49. The Labute approximate surface area is 113 Å². The second kappa shape index (κ2) is 8.30. The number of nitrogens with two attached hydrogens (primary N) is 1. The van der Waals surface area contributed by atoms with Crippen molar-refractivity contribution in [3.05, 3.63) is 28.8 Å². The molecule has 0 unspecified atom stereocenters. The van der Waals surface area contributed by atoms with Gasteiger partial charge in [0.15, 0.2) is 0 Å². The molecule has 0 bridgehead atoms. The topological polar surface area (TPSA) is 95.8 Å². The number of nitrogen functional groups attached to an aromatic ring is 1. The monoisotopic (exact) mass is 291 g/mol. The summed E-state index contributed by atoms with van der Waals surface area (Å²) in [5, 5.41) is 8.73. The van der Waals surface area contributed by atoms with Crippen LogP contribution in [0.1, 0.15) is 0 Å². The Kier molecular flexibility index (Phi) is 7.46. The quantitative estimate of drug-likeness (QED) is 0.785. The third-order valence-corrected chi connectivity index (χ3v) is 2.49. The fraction of sp³-hybridized carbons (Fsp3) is 0.222. The number of aryl methyl sites for hydroxylation is 2. The molecule has 0 atom stereocenters. The maximum atomic E-state index is 8.12. The number of rotatable bonds is 0. The molecule has 0 aromatic carbocycles. The van der Waals surface area contributed by atoms with Crippen molar-refractivity contribution in [3.8, 4) is 0 Å². The second-order valence-electron chi connectivity index (χ2n) is 2.88. The fourth-order valence-corrected chi connectivity index (χ4v) is 0.990. The van der Waals surface area contributed by atoms with Crippen LogP contribution in [0.3, 0.4) is 0 Å². The fourth-order valence-electron chi connectivity index (χ4n) is 0.797. The van der Waals surface area contributed by atoms with E-state index in [0.29, 0.717) is 16.0 Å². The number of halogens is 2. The summed E-state index contributed by atoms with van der Waals surface area (Å²) in [5.74, 6) is 0. The van der Waals surface area contributed by atoms with Crippen LogP contribution >= 0.6 is 23.2 Å². The average Bonchev–Trinajstić information content (AvgIpc) is 2.83. The third kappa shape index (κ3) is 5.49. The van der Waals surface area contributed by atoms with Crippen molar-refractivity contribution in [1.29, 1.82) is 0 Å². The van der Waals surface area contributed by atoms with E-state index in [2.05, 4.69) is 10.2 Å². The lowest BCUT2D eigenvalue weighted by Crippen LogP contribution is -1.89. The molecule has 0 saturated heterocycles. The zero-order chi connectivity index (χ0) is 14.1. The SMILES string of the molecule is Cn1ncc(N)c1Cl.Cn1nccc1Cl.O=C=O. The molecule has 2 aromatic rings. The molecule has 9 heteroatoms. The number of carbonyl (C=O) groups excluding carboxylic acids is 2. The summed E-state index contributed by atoms with van der Waals surface area (Å²) in [6, 6.07) is 1.74. The number of aromatic nitrogens is 4. The van der Waals surface area contributed by atoms with Gasteiger partial charge < -0.3 is 5.73 Å². The maximum Gasteiger partial charge on any atom is 0.373 e. The van der Waals surface area contributed by atoms with Crippen LogP contribution in [0, 0.1) is 0 Å². The summed E-state index contributed by atoms with van der Waals surface area (Å²) >= 11 is 11.1. The van der Waals surface area contributed by atoms with Gasteiger partial charge in [0.1, 0.15) is 10.3 Å². The van der Waals surface area contributed by atoms with Crippen LogP contribution < -0.4 is 5.73 Å². The first kappa shape index (κ1) is 16.2. The van der Waals surface area contributed by atoms with Crippen LogP contribution in [0.5, 0.6) is 0 Å². The first-order chi connectivity index (χ1) is 8.43. The van der Waals surface area contributed by atoms with Gasteiger partial charge in [0, 0.05) is 14.1 Å². The summed E-state index contributed by atoms with van der Waals surface area (Å²) < 4.78 is 3.11. The van der Waals surface area contributed by atoms with Crippen molar-refractivity contribution in [2.24, 2.45) is 14.1 Å². The molecule has 0 spiro atoms. The minimum atomic E-state index is 0.250. The van der Waals surface area contributed by atoms with Crippen LogP contribution in [0.4, 0.5) is 5.69 Å². The third-order valence-electron chi connectivity index (χ3n) is 1.65. The van der Waals surface area contributed by atoms with Crippen LogP contribution in [-0.2, 0) is 23.7 Å². The van der Waals surface area contributed by atoms with Crippen molar-refractivity contribution in [2.75, 3.05) is 5.73 Å². The highest BCUT2D eigenvalue weighted by Crippen LogP contribution is 2.14. The van der Waals surface area contributed by atoms with E-state index in [1.165, 1.54) is 10.9 Å². The summed E-state index contributed by atoms with van der Waals surface area (Å²) in [4.78, 5) is 16.2. The second-order valence-corrected chi connectivity index (χ2v) is 3.62. The molecule has 2 N–H and O–H groups in total. The molecule has 2 rings (SSSR count). The highest BCUT2D eigenvalue weighted by atomic mass is 35.5. The molecule has 18 heavy (non-hydrogen) atoms. The summed E-state index contributed by atoms with van der Waals surface area (Å²) in [6.07, 6.45) is 3.42. The number of hydrogen-bond acceptors (Lipinski definition) is 5. The van der Waals surface area contributed by atoms with Gasteiger partial charge in [0.2, 0.25) is 0 Å². The molecule has 0 aliphatic rings. The Bertz CT molecular complexity index is 481. The maximum absolute atomic E-state index is 8.12. The van der Waals surface area contributed by atoms with E-state index >= 15 is 0 Å². The van der Waals surface area contributed by atoms with Gasteiger partial charge in [-0.1, -0.05) is 23.2 Å². The molecule has 2 aromatic heterocycles. The zero-order valence-corrected chi connectivity index (χ0v) is 11.2. The lowest BCUT2D eigenvalue weighted by molar-refractivity contribution is -0.191. The zero-order valence-electron chi connectivity index (χ0n) is 9.67. The van der Waals surface area contributed by atoms with Crippen LogP contribution in [0.2, 0.25) is 10.3 Å². The predicted octanol–water partition coefficient (Wildman–Crippen LogP) is 1.15. The number of anilines is 1. The van der Waals surface area contributed by atoms with Gasteiger partial charge >= 0.3 is 6.15 Å². The van der Waals surface area contributed by atoms with E-state index in [9.17, 15) is 0 Å². The highest BCUT2D eigenvalue weighted by molar-refractivity contribution is 6.31. The van der Waals surface area contributed by atoms with Gasteiger partial charge in [0.25, 0.3) is 0 Å². The van der Waals surface area contributed by atoms with Gasteiger partial charge in [-0.15, -0.1) is 0 Å². The normalized spacial score (nSPS) is 8.44. The molecule has 0 saturated carbocycles. The van der Waals surface area contributed by atoms with Crippen molar-refractivity contribution in [1.82, 2.24) is 19.6 Å². The van der Waals surface area contributed by atoms with Crippen LogP contribution in [0.15, 0.2) is 18.5 Å². The Morgan fingerprint density at radius 2 is 1.78 bits per heavy atom. The standard InChI is InChI=1S/C4H6ClN3.C4H5ClN2.CO2/c1-8-4(5)3(6)2-7-8;1-7-4(5)2-3-6-7;2-1-3/h2H,6H2,1H3;2-3H,1H3;. The van der Waals surface area contributed by atoms with Crippen molar-refractivity contribution < 1.29 is 9.59 Å². The van der Waals surface area contributed by atoms with E-state index in [4.69, 9.17) is 38.5 Å². The van der Waals surface area contributed by atoms with E-state index < -0.39 is 0 Å². The van der Waals surface area contributed by atoms with Gasteiger partial charge in [-0.05, 0) is 6.07 Å². The summed E-state index contributed by atoms with van der Waals surface area (Å²) in [7, 11) is 3.53.